The zero-order valence-corrected chi connectivity index (χ0v) is 19.8. The fourth-order valence-electron chi connectivity index (χ4n) is 4.09. The van der Waals surface area contributed by atoms with E-state index in [1.54, 1.807) is 0 Å². The molecular formula is C26H56N2. The van der Waals surface area contributed by atoms with Gasteiger partial charge in [-0.05, 0) is 13.0 Å². The lowest BCUT2D eigenvalue weighted by Crippen LogP contribution is -2.23. The Morgan fingerprint density at radius 1 is 0.393 bits per heavy atom. The van der Waals surface area contributed by atoms with Gasteiger partial charge in [-0.1, -0.05) is 142 Å². The molecule has 0 bridgehead atoms. The average molecular weight is 397 g/mol. The third-order valence-corrected chi connectivity index (χ3v) is 6.03. The van der Waals surface area contributed by atoms with Gasteiger partial charge in [-0.25, -0.2) is 0 Å². The minimum atomic E-state index is 0.763. The largest absolute Gasteiger partial charge is 0.329 e. The van der Waals surface area contributed by atoms with Gasteiger partial charge in [0.05, 0.1) is 0 Å². The molecule has 170 valence electrons. The highest BCUT2D eigenvalue weighted by atomic mass is 14.9. The van der Waals surface area contributed by atoms with Gasteiger partial charge < -0.3 is 11.1 Å². The van der Waals surface area contributed by atoms with Gasteiger partial charge in [-0.3, -0.25) is 0 Å². The second-order valence-electron chi connectivity index (χ2n) is 8.96. The number of unbranched alkanes of at least 4 members (excludes halogenated alkanes) is 21. The summed E-state index contributed by atoms with van der Waals surface area (Å²) in [4.78, 5) is 0. The summed E-state index contributed by atoms with van der Waals surface area (Å²) in [7, 11) is 0. The van der Waals surface area contributed by atoms with E-state index in [9.17, 15) is 0 Å². The van der Waals surface area contributed by atoms with Gasteiger partial charge in [-0.2, -0.15) is 0 Å². The van der Waals surface area contributed by atoms with Crippen molar-refractivity contribution >= 4 is 0 Å². The van der Waals surface area contributed by atoms with Crippen LogP contribution in [0, 0.1) is 0 Å². The van der Waals surface area contributed by atoms with Crippen LogP contribution in [0.15, 0.2) is 0 Å². The summed E-state index contributed by atoms with van der Waals surface area (Å²) in [5.41, 5.74) is 5.46. The van der Waals surface area contributed by atoms with E-state index in [1.165, 1.54) is 141 Å². The maximum absolute atomic E-state index is 5.46. The first-order chi connectivity index (χ1) is 13.9. The van der Waals surface area contributed by atoms with Crippen LogP contribution in [0.4, 0.5) is 0 Å². The Morgan fingerprint density at radius 3 is 0.964 bits per heavy atom. The molecule has 0 aromatic heterocycles. The molecule has 0 unspecified atom stereocenters. The van der Waals surface area contributed by atoms with Gasteiger partial charge in [0.1, 0.15) is 0 Å². The Bertz CT molecular complexity index is 229. The molecule has 2 nitrogen and oxygen atoms in total. The molecule has 2 heteroatoms. The molecule has 0 saturated carbocycles. The first-order valence-corrected chi connectivity index (χ1v) is 13.3. The van der Waals surface area contributed by atoms with Crippen molar-refractivity contribution < 1.29 is 0 Å². The molecule has 0 amide bonds. The Hall–Kier alpha value is -0.0800. The molecular weight excluding hydrogens is 340 g/mol. The van der Waals surface area contributed by atoms with Crippen molar-refractivity contribution in [1.82, 2.24) is 5.32 Å². The number of hydrogen-bond donors (Lipinski definition) is 2. The molecule has 0 aliphatic carbocycles. The highest BCUT2D eigenvalue weighted by Gasteiger charge is 1.95. The van der Waals surface area contributed by atoms with Gasteiger partial charge in [0.25, 0.3) is 0 Å². The molecule has 0 heterocycles. The minimum Gasteiger partial charge on any atom is -0.329 e. The average Bonchev–Trinajstić information content (AvgIpc) is 2.71. The van der Waals surface area contributed by atoms with Crippen molar-refractivity contribution in [3.8, 4) is 0 Å². The van der Waals surface area contributed by atoms with Gasteiger partial charge >= 0.3 is 0 Å². The topological polar surface area (TPSA) is 38.0 Å². The van der Waals surface area contributed by atoms with Crippen molar-refractivity contribution in [2.75, 3.05) is 19.6 Å². The van der Waals surface area contributed by atoms with Crippen LogP contribution >= 0.6 is 0 Å². The van der Waals surface area contributed by atoms with E-state index in [0.29, 0.717) is 0 Å². The van der Waals surface area contributed by atoms with E-state index < -0.39 is 0 Å². The van der Waals surface area contributed by atoms with Crippen LogP contribution in [0.3, 0.4) is 0 Å². The van der Waals surface area contributed by atoms with Crippen LogP contribution in [0.25, 0.3) is 0 Å². The number of hydrogen-bond acceptors (Lipinski definition) is 2. The predicted molar refractivity (Wildman–Crippen MR) is 129 cm³/mol. The molecule has 3 N–H and O–H groups in total. The van der Waals surface area contributed by atoms with Crippen LogP contribution in [-0.2, 0) is 0 Å². The summed E-state index contributed by atoms with van der Waals surface area (Å²) in [5, 5.41) is 3.37. The van der Waals surface area contributed by atoms with Crippen LogP contribution < -0.4 is 11.1 Å². The molecule has 0 aromatic carbocycles. The van der Waals surface area contributed by atoms with Gasteiger partial charge in [0, 0.05) is 13.1 Å². The van der Waals surface area contributed by atoms with E-state index in [4.69, 9.17) is 5.73 Å². The van der Waals surface area contributed by atoms with E-state index in [-0.39, 0.29) is 0 Å². The molecule has 0 aliphatic rings. The fourth-order valence-corrected chi connectivity index (χ4v) is 4.09. The Balaban J connectivity index is 2.96. The zero-order chi connectivity index (χ0) is 20.4. The number of rotatable bonds is 25. The number of nitrogens with two attached hydrogens (primary N) is 1. The summed E-state index contributed by atoms with van der Waals surface area (Å²) >= 11 is 0. The lowest BCUT2D eigenvalue weighted by molar-refractivity contribution is 0.517. The van der Waals surface area contributed by atoms with Crippen molar-refractivity contribution in [1.29, 1.82) is 0 Å². The van der Waals surface area contributed by atoms with Gasteiger partial charge in [0.2, 0.25) is 0 Å². The van der Waals surface area contributed by atoms with Crippen molar-refractivity contribution in [2.24, 2.45) is 5.73 Å². The second-order valence-corrected chi connectivity index (χ2v) is 8.96. The molecule has 0 aliphatic heterocycles. The molecule has 0 aromatic rings. The number of nitrogens with one attached hydrogen (secondary N) is 1. The molecule has 0 saturated heterocycles. The van der Waals surface area contributed by atoms with Crippen molar-refractivity contribution in [3.63, 3.8) is 0 Å². The summed E-state index contributed by atoms with van der Waals surface area (Å²) < 4.78 is 0. The van der Waals surface area contributed by atoms with Gasteiger partial charge in [-0.15, -0.1) is 0 Å². The Kier molecular flexibility index (Phi) is 26.8. The van der Waals surface area contributed by atoms with Crippen LogP contribution in [0.2, 0.25) is 0 Å². The smallest absolute Gasteiger partial charge is 0.00745 e. The molecule has 0 atom stereocenters. The summed E-state index contributed by atoms with van der Waals surface area (Å²) in [6.45, 7) is 5.18. The molecule has 0 fully saturated rings. The van der Waals surface area contributed by atoms with Crippen LogP contribution in [0.1, 0.15) is 148 Å². The van der Waals surface area contributed by atoms with Crippen molar-refractivity contribution in [3.05, 3.63) is 0 Å². The molecule has 28 heavy (non-hydrogen) atoms. The van der Waals surface area contributed by atoms with Crippen LogP contribution in [0.5, 0.6) is 0 Å². The van der Waals surface area contributed by atoms with Crippen molar-refractivity contribution in [2.45, 2.75) is 148 Å². The first kappa shape index (κ1) is 27.9. The highest BCUT2D eigenvalue weighted by molar-refractivity contribution is 4.52. The third-order valence-electron chi connectivity index (χ3n) is 6.03. The zero-order valence-electron chi connectivity index (χ0n) is 19.8. The minimum absolute atomic E-state index is 0.763. The van der Waals surface area contributed by atoms with E-state index in [1.807, 2.05) is 0 Å². The third kappa shape index (κ3) is 25.9. The lowest BCUT2D eigenvalue weighted by atomic mass is 10.0. The summed E-state index contributed by atoms with van der Waals surface area (Å²) in [5.74, 6) is 0. The second kappa shape index (κ2) is 26.9. The molecule has 0 radical (unpaired) electrons. The Labute approximate surface area is 179 Å². The summed E-state index contributed by atoms with van der Waals surface area (Å²) in [6.07, 6.45) is 32.0. The lowest BCUT2D eigenvalue weighted by Gasteiger charge is -2.04. The SMILES string of the molecule is CCCCCCCCCCCCCCCCCCCCCCCCNCCN. The van der Waals surface area contributed by atoms with Crippen LogP contribution in [-0.4, -0.2) is 19.6 Å². The molecule has 0 spiro atoms. The van der Waals surface area contributed by atoms with E-state index >= 15 is 0 Å². The summed E-state index contributed by atoms with van der Waals surface area (Å²) in [6, 6.07) is 0. The fraction of sp³-hybridized carbons (Fsp3) is 1.00. The van der Waals surface area contributed by atoms with E-state index in [2.05, 4.69) is 12.2 Å². The monoisotopic (exact) mass is 396 g/mol. The first-order valence-electron chi connectivity index (χ1n) is 13.3. The molecule has 0 rings (SSSR count). The maximum Gasteiger partial charge on any atom is 0.00745 e. The normalized spacial score (nSPS) is 11.4. The van der Waals surface area contributed by atoms with E-state index in [0.717, 1.165) is 19.6 Å². The quantitative estimate of drug-likeness (QED) is 0.153. The van der Waals surface area contributed by atoms with Gasteiger partial charge in [0.15, 0.2) is 0 Å². The highest BCUT2D eigenvalue weighted by Crippen LogP contribution is 2.15. The Morgan fingerprint density at radius 2 is 0.679 bits per heavy atom. The predicted octanol–water partition coefficient (Wildman–Crippen LogP) is 8.14. The standard InChI is InChI=1S/C26H56N2/c1-2-3-4-5-6-7-8-9-10-11-12-13-14-15-16-17-18-19-20-21-22-23-25-28-26-24-27/h28H,2-27H2,1H3. The maximum atomic E-state index is 5.46.